The number of rotatable bonds is 14. The molecule has 0 heterocycles. The first-order valence-corrected chi connectivity index (χ1v) is 18.0. The van der Waals surface area contributed by atoms with Gasteiger partial charge in [0.15, 0.2) is 0 Å². The average Bonchev–Trinajstić information content (AvgIpc) is 2.54. The average molecular weight is 439 g/mol. The first-order chi connectivity index (χ1) is 10.4. The zero-order chi connectivity index (χ0) is 17.1. The summed E-state index contributed by atoms with van der Waals surface area (Å²) >= 11 is -2.51. The Morgan fingerprint density at radius 2 is 1.27 bits per heavy atom. The Morgan fingerprint density at radius 3 is 1.55 bits per heavy atom. The van der Waals surface area contributed by atoms with Gasteiger partial charge in [-0.3, -0.25) is 0 Å². The molecule has 0 aromatic carbocycles. The summed E-state index contributed by atoms with van der Waals surface area (Å²) in [7, 11) is -0.00713. The van der Waals surface area contributed by atoms with E-state index in [9.17, 15) is 4.57 Å². The normalized spacial score (nSPS) is 12.6. The van der Waals surface area contributed by atoms with Crippen molar-refractivity contribution in [3.8, 4) is 0 Å². The molecule has 0 aliphatic heterocycles. The molecule has 0 aromatic rings. The second kappa shape index (κ2) is 12.1. The van der Waals surface area contributed by atoms with Crippen LogP contribution in [0, 0.1) is 0 Å². The topological polar surface area (TPSA) is 35.5 Å². The van der Waals surface area contributed by atoms with Crippen LogP contribution in [0.2, 0.25) is 13.3 Å². The van der Waals surface area contributed by atoms with Crippen LogP contribution in [0.25, 0.3) is 0 Å². The van der Waals surface area contributed by atoms with Gasteiger partial charge in [-0.05, 0) is 0 Å². The van der Waals surface area contributed by atoms with Crippen molar-refractivity contribution >= 4 is 26.0 Å². The maximum atomic E-state index is 12.6. The molecule has 0 N–H and O–H groups in total. The molecule has 0 spiro atoms. The van der Waals surface area contributed by atoms with Gasteiger partial charge in [-0.25, -0.2) is 0 Å². The number of hydrogen-bond donors (Lipinski definition) is 0. The van der Waals surface area contributed by atoms with Crippen molar-refractivity contribution in [1.29, 1.82) is 0 Å². The minimum absolute atomic E-state index is 0.438. The molecular formula is C17H37O3PSn. The predicted octanol–water partition coefficient (Wildman–Crippen LogP) is 6.42. The van der Waals surface area contributed by atoms with E-state index in [1.54, 1.807) is 0 Å². The molecule has 0 atom stereocenters. The summed E-state index contributed by atoms with van der Waals surface area (Å²) in [6.45, 7) is 11.2. The van der Waals surface area contributed by atoms with Crippen molar-refractivity contribution in [1.82, 2.24) is 0 Å². The molecule has 0 unspecified atom stereocenters. The van der Waals surface area contributed by atoms with Crippen LogP contribution in [-0.2, 0) is 13.6 Å². The predicted molar refractivity (Wildman–Crippen MR) is 101 cm³/mol. The Hall–Kier alpha value is 0.689. The summed E-state index contributed by atoms with van der Waals surface area (Å²) < 4.78 is 28.2. The van der Waals surface area contributed by atoms with Crippen molar-refractivity contribution in [2.75, 3.05) is 20.4 Å². The molecule has 0 aromatic heterocycles. The van der Waals surface area contributed by atoms with Crippen LogP contribution in [0.4, 0.5) is 0 Å². The second-order valence-electron chi connectivity index (χ2n) is 6.33. The zero-order valence-corrected chi connectivity index (χ0v) is 19.2. The Labute approximate surface area is 142 Å². The fourth-order valence-corrected chi connectivity index (χ4v) is 22.8. The fraction of sp³-hybridized carbons (Fsp3) is 0.882. The van der Waals surface area contributed by atoms with E-state index < -0.39 is 26.0 Å². The van der Waals surface area contributed by atoms with Crippen LogP contribution in [0.1, 0.15) is 59.3 Å². The SMILES string of the molecule is C=[C](CP(=O)(OC)OC)[Sn]([CH2]CCC)([CH2]CCC)[CH2]CCC. The molecule has 0 saturated heterocycles. The minimum atomic E-state index is -2.98. The van der Waals surface area contributed by atoms with Gasteiger partial charge in [0.2, 0.25) is 0 Å². The summed E-state index contributed by atoms with van der Waals surface area (Å²) in [6, 6.07) is 0. The van der Waals surface area contributed by atoms with Crippen LogP contribution in [0.5, 0.6) is 0 Å². The van der Waals surface area contributed by atoms with Gasteiger partial charge in [-0.15, -0.1) is 0 Å². The quantitative estimate of drug-likeness (QED) is 0.232. The van der Waals surface area contributed by atoms with E-state index in [-0.39, 0.29) is 0 Å². The Bertz CT molecular complexity index is 328. The Balaban J connectivity index is 5.27. The van der Waals surface area contributed by atoms with E-state index >= 15 is 0 Å². The van der Waals surface area contributed by atoms with E-state index in [0.29, 0.717) is 6.16 Å². The van der Waals surface area contributed by atoms with Crippen LogP contribution in [0.3, 0.4) is 0 Å². The molecule has 0 amide bonds. The molecule has 0 saturated carbocycles. The van der Waals surface area contributed by atoms with Gasteiger partial charge >= 0.3 is 143 Å². The number of hydrogen-bond acceptors (Lipinski definition) is 3. The van der Waals surface area contributed by atoms with Crippen molar-refractivity contribution < 1.29 is 13.6 Å². The second-order valence-corrected chi connectivity index (χ2v) is 22.2. The molecule has 0 aliphatic carbocycles. The summed E-state index contributed by atoms with van der Waals surface area (Å²) in [5.41, 5.74) is 0. The molecule has 132 valence electrons. The summed E-state index contributed by atoms with van der Waals surface area (Å²) in [4.78, 5) is 0. The molecule has 22 heavy (non-hydrogen) atoms. The van der Waals surface area contributed by atoms with Crippen LogP contribution < -0.4 is 0 Å². The van der Waals surface area contributed by atoms with E-state index in [0.717, 1.165) is 0 Å². The van der Waals surface area contributed by atoms with Crippen LogP contribution >= 0.6 is 7.60 Å². The molecule has 0 bridgehead atoms. The van der Waals surface area contributed by atoms with Gasteiger partial charge in [0.1, 0.15) is 0 Å². The van der Waals surface area contributed by atoms with Crippen molar-refractivity contribution in [2.24, 2.45) is 0 Å². The molecule has 0 rings (SSSR count). The molecule has 5 heteroatoms. The molecule has 0 aliphatic rings. The van der Waals surface area contributed by atoms with Crippen LogP contribution in [-0.4, -0.2) is 38.8 Å². The maximum absolute atomic E-state index is 12.6. The Morgan fingerprint density at radius 1 is 0.909 bits per heavy atom. The van der Waals surface area contributed by atoms with Gasteiger partial charge in [0.25, 0.3) is 0 Å². The van der Waals surface area contributed by atoms with E-state index in [4.69, 9.17) is 9.05 Å². The molecule has 0 fully saturated rings. The van der Waals surface area contributed by atoms with Gasteiger partial charge < -0.3 is 0 Å². The van der Waals surface area contributed by atoms with Gasteiger partial charge in [-0.1, -0.05) is 0 Å². The summed E-state index contributed by atoms with van der Waals surface area (Å²) in [5, 5.41) is 0. The summed E-state index contributed by atoms with van der Waals surface area (Å²) in [5.74, 6) is 0. The Kier molecular flexibility index (Phi) is 12.5. The van der Waals surface area contributed by atoms with Crippen LogP contribution in [0.15, 0.2) is 10.2 Å². The third-order valence-electron chi connectivity index (χ3n) is 4.72. The van der Waals surface area contributed by atoms with Crippen molar-refractivity contribution in [2.45, 2.75) is 72.6 Å². The third-order valence-corrected chi connectivity index (χ3v) is 23.5. The van der Waals surface area contributed by atoms with Gasteiger partial charge in [0.05, 0.1) is 0 Å². The van der Waals surface area contributed by atoms with Crippen molar-refractivity contribution in [3.63, 3.8) is 0 Å². The first-order valence-electron chi connectivity index (χ1n) is 8.82. The molecular weight excluding hydrogens is 402 g/mol. The van der Waals surface area contributed by atoms with E-state index in [1.807, 2.05) is 0 Å². The van der Waals surface area contributed by atoms with Crippen molar-refractivity contribution in [3.05, 3.63) is 10.2 Å². The monoisotopic (exact) mass is 440 g/mol. The summed E-state index contributed by atoms with van der Waals surface area (Å²) in [6.07, 6.45) is 7.99. The third kappa shape index (κ3) is 7.51. The standard InChI is InChI=1S/C5H10O3P.3C4H9.Sn/c1-4-5-9(6,7-2)8-3;3*1-3-4-2;/h1,5H2,2-3H3;3*1,3-4H2,2H3;. The van der Waals surface area contributed by atoms with E-state index in [1.165, 1.54) is 69.6 Å². The number of allylic oxidation sites excluding steroid dienone is 1. The van der Waals surface area contributed by atoms with Gasteiger partial charge in [0, 0.05) is 0 Å². The fourth-order valence-electron chi connectivity index (χ4n) is 3.06. The molecule has 0 radical (unpaired) electrons. The first kappa shape index (κ1) is 22.7. The zero-order valence-electron chi connectivity index (χ0n) is 15.5. The van der Waals surface area contributed by atoms with Gasteiger partial charge in [-0.2, -0.15) is 0 Å². The van der Waals surface area contributed by atoms with E-state index in [2.05, 4.69) is 27.4 Å². The number of unbranched alkanes of at least 4 members (excludes halogenated alkanes) is 3. The molecule has 3 nitrogen and oxygen atoms in total.